The van der Waals surface area contributed by atoms with Gasteiger partial charge in [-0.3, -0.25) is 0 Å². The number of esters is 1. The summed E-state index contributed by atoms with van der Waals surface area (Å²) in [6.45, 7) is 8.78. The van der Waals surface area contributed by atoms with Crippen LogP contribution in [0, 0.1) is 5.41 Å². The van der Waals surface area contributed by atoms with Gasteiger partial charge in [0.05, 0.1) is 13.2 Å². The summed E-state index contributed by atoms with van der Waals surface area (Å²) in [5, 5.41) is 2.62. The van der Waals surface area contributed by atoms with Crippen LogP contribution < -0.4 is 5.32 Å². The maximum Gasteiger partial charge on any atom is 0.407 e. The summed E-state index contributed by atoms with van der Waals surface area (Å²) in [4.78, 5) is 24.3. The smallest absolute Gasteiger partial charge is 0.407 e. The molecule has 1 amide bonds. The lowest BCUT2D eigenvalue weighted by Crippen LogP contribution is -2.50. The molecule has 0 aliphatic carbocycles. The van der Waals surface area contributed by atoms with E-state index in [0.717, 1.165) is 12.8 Å². The molecule has 0 bridgehead atoms. The number of alkyl carbamates (subject to hydrolysis) is 1. The summed E-state index contributed by atoms with van der Waals surface area (Å²) in [6.07, 6.45) is 16.0. The van der Waals surface area contributed by atoms with Gasteiger partial charge in [-0.05, 0) is 11.8 Å². The van der Waals surface area contributed by atoms with Crippen LogP contribution in [0.5, 0.6) is 0 Å². The van der Waals surface area contributed by atoms with Crippen LogP contribution in [-0.2, 0) is 19.0 Å². The van der Waals surface area contributed by atoms with Gasteiger partial charge in [0.25, 0.3) is 0 Å². The molecule has 0 saturated carbocycles. The Hall–Kier alpha value is -1.30. The number of ether oxygens (including phenoxy) is 3. The Morgan fingerprint density at radius 2 is 1.19 bits per heavy atom. The van der Waals surface area contributed by atoms with Gasteiger partial charge in [0.15, 0.2) is 0 Å². The summed E-state index contributed by atoms with van der Waals surface area (Å²) < 4.78 is 15.3. The number of hydrogen-bond acceptors (Lipinski definition) is 5. The molecule has 6 nitrogen and oxygen atoms in total. The van der Waals surface area contributed by atoms with Crippen molar-refractivity contribution in [1.29, 1.82) is 0 Å². The number of carbonyl (C=O) groups excluding carboxylic acids is 2. The van der Waals surface area contributed by atoms with Crippen LogP contribution in [0.1, 0.15) is 111 Å². The molecular formula is C25H49NO5. The third-order valence-corrected chi connectivity index (χ3v) is 5.38. The zero-order chi connectivity index (χ0) is 23.4. The first-order valence-corrected chi connectivity index (χ1v) is 12.4. The fraction of sp³-hybridized carbons (Fsp3) is 0.920. The van der Waals surface area contributed by atoms with Gasteiger partial charge in [-0.1, -0.05) is 105 Å². The molecule has 184 valence electrons. The Labute approximate surface area is 191 Å². The van der Waals surface area contributed by atoms with Crippen molar-refractivity contribution in [2.75, 3.05) is 26.9 Å². The van der Waals surface area contributed by atoms with Crippen molar-refractivity contribution in [3.05, 3.63) is 0 Å². The Kier molecular flexibility index (Phi) is 18.6. The quantitative estimate of drug-likeness (QED) is 0.184. The maximum atomic E-state index is 12.5. The molecule has 0 aromatic heterocycles. The predicted molar refractivity (Wildman–Crippen MR) is 126 cm³/mol. The lowest BCUT2D eigenvalue weighted by molar-refractivity contribution is -0.149. The molecule has 0 radical (unpaired) electrons. The van der Waals surface area contributed by atoms with Gasteiger partial charge < -0.3 is 19.5 Å². The zero-order valence-electron chi connectivity index (χ0n) is 20.9. The molecule has 0 aliphatic heterocycles. The van der Waals surface area contributed by atoms with Gasteiger partial charge in [0.2, 0.25) is 0 Å². The number of amides is 1. The van der Waals surface area contributed by atoms with Crippen LogP contribution in [0.15, 0.2) is 0 Å². The molecule has 1 N–H and O–H groups in total. The predicted octanol–water partition coefficient (Wildman–Crippen LogP) is 6.41. The van der Waals surface area contributed by atoms with Crippen molar-refractivity contribution >= 4 is 12.1 Å². The Bertz CT molecular complexity index is 448. The summed E-state index contributed by atoms with van der Waals surface area (Å²) in [6, 6.07) is -0.746. The summed E-state index contributed by atoms with van der Waals surface area (Å²) in [7, 11) is 1.53. The van der Waals surface area contributed by atoms with Crippen molar-refractivity contribution in [1.82, 2.24) is 5.32 Å². The molecule has 0 aromatic carbocycles. The molecule has 6 heteroatoms. The number of unbranched alkanes of at least 4 members (excludes halogenated alkanes) is 12. The first-order valence-electron chi connectivity index (χ1n) is 12.4. The molecule has 0 fully saturated rings. The second-order valence-corrected chi connectivity index (χ2v) is 9.48. The minimum Gasteiger partial charge on any atom is -0.464 e. The molecule has 0 heterocycles. The van der Waals surface area contributed by atoms with Gasteiger partial charge >= 0.3 is 12.1 Å². The van der Waals surface area contributed by atoms with Gasteiger partial charge in [-0.25, -0.2) is 9.59 Å². The Balaban J connectivity index is 3.80. The monoisotopic (exact) mass is 443 g/mol. The molecule has 1 atom stereocenters. The van der Waals surface area contributed by atoms with Crippen LogP contribution >= 0.6 is 0 Å². The van der Waals surface area contributed by atoms with Crippen LogP contribution in [-0.4, -0.2) is 45.0 Å². The fourth-order valence-electron chi connectivity index (χ4n) is 3.38. The summed E-state index contributed by atoms with van der Waals surface area (Å²) in [5.41, 5.74) is -0.465. The zero-order valence-corrected chi connectivity index (χ0v) is 20.9. The molecule has 1 unspecified atom stereocenters. The van der Waals surface area contributed by atoms with Crippen LogP contribution in [0.4, 0.5) is 4.79 Å². The van der Waals surface area contributed by atoms with E-state index in [0.29, 0.717) is 13.2 Å². The van der Waals surface area contributed by atoms with Crippen LogP contribution in [0.25, 0.3) is 0 Å². The van der Waals surface area contributed by atoms with Gasteiger partial charge in [0, 0.05) is 7.11 Å². The first kappa shape index (κ1) is 29.7. The second kappa shape index (κ2) is 19.4. The maximum absolute atomic E-state index is 12.5. The molecule has 0 saturated heterocycles. The highest BCUT2D eigenvalue weighted by Gasteiger charge is 2.34. The van der Waals surface area contributed by atoms with Crippen molar-refractivity contribution in [2.24, 2.45) is 5.41 Å². The highest BCUT2D eigenvalue weighted by molar-refractivity contribution is 5.82. The molecule has 0 aliphatic rings. The van der Waals surface area contributed by atoms with E-state index in [9.17, 15) is 9.59 Å². The Morgan fingerprint density at radius 1 is 0.710 bits per heavy atom. The molecule has 0 rings (SSSR count). The van der Waals surface area contributed by atoms with Gasteiger partial charge in [-0.15, -0.1) is 0 Å². The second-order valence-electron chi connectivity index (χ2n) is 9.48. The lowest BCUT2D eigenvalue weighted by atomic mass is 9.87. The van der Waals surface area contributed by atoms with E-state index in [4.69, 9.17) is 14.2 Å². The largest absolute Gasteiger partial charge is 0.464 e. The van der Waals surface area contributed by atoms with E-state index in [1.807, 2.05) is 20.8 Å². The third-order valence-electron chi connectivity index (χ3n) is 5.38. The highest BCUT2D eigenvalue weighted by Crippen LogP contribution is 2.21. The van der Waals surface area contributed by atoms with E-state index >= 15 is 0 Å². The van der Waals surface area contributed by atoms with Crippen molar-refractivity contribution < 1.29 is 23.8 Å². The number of nitrogens with one attached hydrogen (secondary N) is 1. The molecular weight excluding hydrogens is 394 g/mol. The number of hydrogen-bond donors (Lipinski definition) is 1. The van der Waals surface area contributed by atoms with Crippen LogP contribution in [0.3, 0.4) is 0 Å². The number of carbonyl (C=O) groups is 2. The van der Waals surface area contributed by atoms with Crippen molar-refractivity contribution in [2.45, 2.75) is 117 Å². The molecule has 31 heavy (non-hydrogen) atoms. The normalized spacial score (nSPS) is 12.4. The molecule has 0 aromatic rings. The minimum absolute atomic E-state index is 0.146. The van der Waals surface area contributed by atoms with E-state index in [1.54, 1.807) is 0 Å². The highest BCUT2D eigenvalue weighted by atomic mass is 16.6. The fourth-order valence-corrected chi connectivity index (χ4v) is 3.38. The van der Waals surface area contributed by atoms with Crippen molar-refractivity contribution in [3.63, 3.8) is 0 Å². The van der Waals surface area contributed by atoms with E-state index in [-0.39, 0.29) is 6.61 Å². The number of methoxy groups -OCH3 is 1. The first-order chi connectivity index (χ1) is 14.8. The average molecular weight is 444 g/mol. The summed E-state index contributed by atoms with van der Waals surface area (Å²) >= 11 is 0. The van der Waals surface area contributed by atoms with Gasteiger partial charge in [-0.2, -0.15) is 0 Å². The Morgan fingerprint density at radius 3 is 1.65 bits per heavy atom. The van der Waals surface area contributed by atoms with E-state index < -0.39 is 23.5 Å². The molecule has 0 spiro atoms. The van der Waals surface area contributed by atoms with E-state index in [1.165, 1.54) is 77.7 Å². The average Bonchev–Trinajstić information content (AvgIpc) is 2.71. The SMILES string of the molecule is CCCCCCCCCCCCCCCOC(=O)C(NC(=O)OCCOC)C(C)(C)C. The third kappa shape index (κ3) is 18.0. The van der Waals surface area contributed by atoms with Crippen molar-refractivity contribution in [3.8, 4) is 0 Å². The standard InChI is InChI=1S/C25H49NO5/c1-6-7-8-9-10-11-12-13-14-15-16-17-18-19-30-23(27)22(25(2,3)4)26-24(28)31-21-20-29-5/h22H,6-21H2,1-5H3,(H,26,28). The number of rotatable bonds is 19. The topological polar surface area (TPSA) is 73.9 Å². The van der Waals surface area contributed by atoms with Crippen LogP contribution in [0.2, 0.25) is 0 Å². The van der Waals surface area contributed by atoms with E-state index in [2.05, 4.69) is 12.2 Å². The minimum atomic E-state index is -0.746. The van der Waals surface area contributed by atoms with Gasteiger partial charge in [0.1, 0.15) is 12.6 Å². The lowest BCUT2D eigenvalue weighted by Gasteiger charge is -2.29. The summed E-state index contributed by atoms with van der Waals surface area (Å²) in [5.74, 6) is -0.407.